The highest BCUT2D eigenvalue weighted by atomic mass is 79.9. The molecular weight excluding hydrogens is 326 g/mol. The Bertz CT molecular complexity index is 588. The van der Waals surface area contributed by atoms with Crippen molar-refractivity contribution in [2.24, 2.45) is 0 Å². The molecule has 0 radical (unpaired) electrons. The molecule has 0 amide bonds. The SMILES string of the molecule is CCCCCCCCCC(=O)c1c[nH]c2cc(Br)ccc12. The van der Waals surface area contributed by atoms with Crippen molar-refractivity contribution < 1.29 is 4.79 Å². The summed E-state index contributed by atoms with van der Waals surface area (Å²) < 4.78 is 1.03. The Kier molecular flexibility index (Phi) is 6.50. The molecule has 0 aliphatic carbocycles. The maximum Gasteiger partial charge on any atom is 0.165 e. The van der Waals surface area contributed by atoms with E-state index >= 15 is 0 Å². The smallest absolute Gasteiger partial charge is 0.165 e. The summed E-state index contributed by atoms with van der Waals surface area (Å²) in [5, 5.41) is 1.03. The number of benzene rings is 1. The highest BCUT2D eigenvalue weighted by molar-refractivity contribution is 9.10. The standard InChI is InChI=1S/C18H24BrNO/c1-2-3-4-5-6-7-8-9-18(21)16-13-20-17-12-14(19)10-11-15(16)17/h10-13,20H,2-9H2,1H3. The molecule has 21 heavy (non-hydrogen) atoms. The van der Waals surface area contributed by atoms with Gasteiger partial charge in [0.05, 0.1) is 0 Å². The zero-order valence-corrected chi connectivity index (χ0v) is 14.3. The summed E-state index contributed by atoms with van der Waals surface area (Å²) in [5.74, 6) is 0.261. The van der Waals surface area contributed by atoms with Gasteiger partial charge in [0.25, 0.3) is 0 Å². The average Bonchev–Trinajstić information content (AvgIpc) is 2.89. The van der Waals surface area contributed by atoms with Crippen LogP contribution in [0.4, 0.5) is 0 Å². The summed E-state index contributed by atoms with van der Waals surface area (Å²) in [6, 6.07) is 6.01. The predicted molar refractivity (Wildman–Crippen MR) is 92.9 cm³/mol. The van der Waals surface area contributed by atoms with E-state index in [0.717, 1.165) is 27.4 Å². The van der Waals surface area contributed by atoms with Crippen LogP contribution in [0.25, 0.3) is 10.9 Å². The third kappa shape index (κ3) is 4.70. The lowest BCUT2D eigenvalue weighted by Gasteiger charge is -2.01. The van der Waals surface area contributed by atoms with Crippen molar-refractivity contribution >= 4 is 32.6 Å². The summed E-state index contributed by atoms with van der Waals surface area (Å²) >= 11 is 3.45. The highest BCUT2D eigenvalue weighted by Gasteiger charge is 2.11. The number of nitrogens with one attached hydrogen (secondary N) is 1. The molecule has 0 bridgehead atoms. The van der Waals surface area contributed by atoms with E-state index in [0.29, 0.717) is 6.42 Å². The lowest BCUT2D eigenvalue weighted by atomic mass is 10.0. The van der Waals surface area contributed by atoms with E-state index in [9.17, 15) is 4.79 Å². The molecule has 3 heteroatoms. The molecule has 0 unspecified atom stereocenters. The monoisotopic (exact) mass is 349 g/mol. The Morgan fingerprint density at radius 1 is 1.10 bits per heavy atom. The fourth-order valence-electron chi connectivity index (χ4n) is 2.71. The quantitative estimate of drug-likeness (QED) is 0.420. The van der Waals surface area contributed by atoms with Gasteiger partial charge in [0.2, 0.25) is 0 Å². The van der Waals surface area contributed by atoms with E-state index in [1.165, 1.54) is 38.5 Å². The van der Waals surface area contributed by atoms with E-state index in [1.807, 2.05) is 24.4 Å². The molecule has 1 aromatic carbocycles. The summed E-state index contributed by atoms with van der Waals surface area (Å²) in [4.78, 5) is 15.5. The van der Waals surface area contributed by atoms with Gasteiger partial charge in [-0.25, -0.2) is 0 Å². The lowest BCUT2D eigenvalue weighted by molar-refractivity contribution is 0.0980. The van der Waals surface area contributed by atoms with Crippen molar-refractivity contribution in [1.29, 1.82) is 0 Å². The number of aromatic amines is 1. The number of ketones is 1. The average molecular weight is 350 g/mol. The highest BCUT2D eigenvalue weighted by Crippen LogP contribution is 2.24. The fraction of sp³-hybridized carbons (Fsp3) is 0.500. The van der Waals surface area contributed by atoms with Crippen LogP contribution in [0.15, 0.2) is 28.9 Å². The summed E-state index contributed by atoms with van der Waals surface area (Å²) in [5.41, 5.74) is 1.86. The van der Waals surface area contributed by atoms with Crippen LogP contribution < -0.4 is 0 Å². The number of unbranched alkanes of at least 4 members (excludes halogenated alkanes) is 6. The second-order valence-electron chi connectivity index (χ2n) is 5.69. The molecule has 0 saturated carbocycles. The van der Waals surface area contributed by atoms with Gasteiger partial charge >= 0.3 is 0 Å². The van der Waals surface area contributed by atoms with Crippen molar-refractivity contribution in [2.75, 3.05) is 0 Å². The van der Waals surface area contributed by atoms with Crippen LogP contribution in [0, 0.1) is 0 Å². The molecule has 1 aromatic heterocycles. The van der Waals surface area contributed by atoms with Crippen LogP contribution in [0.5, 0.6) is 0 Å². The van der Waals surface area contributed by atoms with Crippen LogP contribution in [0.1, 0.15) is 68.6 Å². The van der Waals surface area contributed by atoms with Gasteiger partial charge in [0.1, 0.15) is 0 Å². The number of halogens is 1. The number of H-pyrrole nitrogens is 1. The molecule has 0 aliphatic rings. The molecule has 0 aliphatic heterocycles. The number of hydrogen-bond donors (Lipinski definition) is 1. The van der Waals surface area contributed by atoms with Crippen LogP contribution in [0.2, 0.25) is 0 Å². The molecule has 1 heterocycles. The van der Waals surface area contributed by atoms with Crippen molar-refractivity contribution in [2.45, 2.75) is 58.3 Å². The minimum absolute atomic E-state index is 0.261. The minimum Gasteiger partial charge on any atom is -0.360 e. The van der Waals surface area contributed by atoms with Crippen molar-refractivity contribution in [1.82, 2.24) is 4.98 Å². The second-order valence-corrected chi connectivity index (χ2v) is 6.60. The Hall–Kier alpha value is -1.09. The van der Waals surface area contributed by atoms with Gasteiger partial charge in [0.15, 0.2) is 5.78 Å². The van der Waals surface area contributed by atoms with Crippen LogP contribution >= 0.6 is 15.9 Å². The molecule has 0 fully saturated rings. The maximum absolute atomic E-state index is 12.3. The van der Waals surface area contributed by atoms with Crippen LogP contribution in [0.3, 0.4) is 0 Å². The molecule has 1 N–H and O–H groups in total. The van der Waals surface area contributed by atoms with E-state index in [1.54, 1.807) is 0 Å². The zero-order valence-electron chi connectivity index (χ0n) is 12.8. The Labute approximate surface area is 135 Å². The molecule has 2 aromatic rings. The van der Waals surface area contributed by atoms with Crippen LogP contribution in [-0.2, 0) is 0 Å². The third-order valence-corrected chi connectivity index (χ3v) is 4.44. The first kappa shape index (κ1) is 16.3. The minimum atomic E-state index is 0.261. The van der Waals surface area contributed by atoms with Gasteiger partial charge in [-0.05, 0) is 18.6 Å². The van der Waals surface area contributed by atoms with E-state index in [2.05, 4.69) is 27.8 Å². The summed E-state index contributed by atoms with van der Waals surface area (Å²) in [6.07, 6.45) is 11.2. The van der Waals surface area contributed by atoms with Gasteiger partial charge in [-0.1, -0.05) is 67.4 Å². The van der Waals surface area contributed by atoms with Crippen LogP contribution in [-0.4, -0.2) is 10.8 Å². The molecule has 2 rings (SSSR count). The second kappa shape index (κ2) is 8.38. The first-order valence-corrected chi connectivity index (χ1v) is 8.81. The van der Waals surface area contributed by atoms with Gasteiger partial charge in [-0.3, -0.25) is 4.79 Å². The van der Waals surface area contributed by atoms with Crippen molar-refractivity contribution in [3.63, 3.8) is 0 Å². The first-order chi connectivity index (χ1) is 10.2. The number of rotatable bonds is 9. The molecular formula is C18H24BrNO. The fourth-order valence-corrected chi connectivity index (χ4v) is 3.07. The number of Topliss-reactive ketones (excluding diaryl/α,β-unsaturated/α-hetero) is 1. The van der Waals surface area contributed by atoms with E-state index in [4.69, 9.17) is 0 Å². The third-order valence-electron chi connectivity index (χ3n) is 3.95. The Balaban J connectivity index is 1.80. The summed E-state index contributed by atoms with van der Waals surface area (Å²) in [7, 11) is 0. The van der Waals surface area contributed by atoms with Crippen molar-refractivity contribution in [3.8, 4) is 0 Å². The Morgan fingerprint density at radius 2 is 1.81 bits per heavy atom. The first-order valence-electron chi connectivity index (χ1n) is 8.02. The molecule has 2 nitrogen and oxygen atoms in total. The maximum atomic E-state index is 12.3. The summed E-state index contributed by atoms with van der Waals surface area (Å²) in [6.45, 7) is 2.23. The van der Waals surface area contributed by atoms with Gasteiger partial charge in [-0.2, -0.15) is 0 Å². The lowest BCUT2D eigenvalue weighted by Crippen LogP contribution is -1.97. The zero-order chi connectivity index (χ0) is 15.1. The van der Waals surface area contributed by atoms with Gasteiger partial charge < -0.3 is 4.98 Å². The molecule has 0 spiro atoms. The van der Waals surface area contributed by atoms with Gasteiger partial charge in [-0.15, -0.1) is 0 Å². The largest absolute Gasteiger partial charge is 0.360 e. The topological polar surface area (TPSA) is 32.9 Å². The molecule has 0 saturated heterocycles. The van der Waals surface area contributed by atoms with Gasteiger partial charge in [0, 0.05) is 33.6 Å². The number of aromatic nitrogens is 1. The number of fused-ring (bicyclic) bond motifs is 1. The normalized spacial score (nSPS) is 11.1. The number of carbonyl (C=O) groups is 1. The molecule has 114 valence electrons. The predicted octanol–water partition coefficient (Wildman–Crippen LogP) is 6.25. The van der Waals surface area contributed by atoms with E-state index < -0.39 is 0 Å². The number of hydrogen-bond acceptors (Lipinski definition) is 1. The molecule has 0 atom stereocenters. The van der Waals surface area contributed by atoms with E-state index in [-0.39, 0.29) is 5.78 Å². The Morgan fingerprint density at radius 3 is 2.57 bits per heavy atom. The number of carbonyl (C=O) groups excluding carboxylic acids is 1. The van der Waals surface area contributed by atoms with Crippen molar-refractivity contribution in [3.05, 3.63) is 34.4 Å².